The van der Waals surface area contributed by atoms with E-state index < -0.39 is 0 Å². The number of nitrogens with one attached hydrogen (secondary N) is 1. The molecule has 0 fully saturated rings. The molecular weight excluding hydrogens is 158 g/mol. The highest BCUT2D eigenvalue weighted by atomic mass is 16.2. The molecule has 1 N–H and O–H groups in total. The summed E-state index contributed by atoms with van der Waals surface area (Å²) in [6.07, 6.45) is 3.06. The van der Waals surface area contributed by atoms with E-state index in [2.05, 4.69) is 4.98 Å². The normalized spacial score (nSPS) is 17.0. The molecule has 0 aromatic carbocycles. The molecule has 0 saturated heterocycles. The quantitative estimate of drug-likeness (QED) is 0.570. The van der Waals surface area contributed by atoms with E-state index in [-0.39, 0.29) is 11.4 Å². The molecule has 5 heteroatoms. The van der Waals surface area contributed by atoms with E-state index in [1.807, 2.05) is 0 Å². The number of hydrogen-bond donors (Lipinski definition) is 1. The lowest BCUT2D eigenvalue weighted by Gasteiger charge is -2.01. The van der Waals surface area contributed by atoms with Crippen LogP contribution in [0.2, 0.25) is 0 Å². The summed E-state index contributed by atoms with van der Waals surface area (Å²) in [5, 5.41) is 0. The molecule has 2 rings (SSSR count). The van der Waals surface area contributed by atoms with Gasteiger partial charge in [0, 0.05) is 13.1 Å². The summed E-state index contributed by atoms with van der Waals surface area (Å²) in [7, 11) is 0. The van der Waals surface area contributed by atoms with Gasteiger partial charge in [-0.2, -0.15) is 0 Å². The highest BCUT2D eigenvalue weighted by Gasteiger charge is 2.10. The van der Waals surface area contributed by atoms with Crippen LogP contribution < -0.4 is 11.4 Å². The predicted octanol–water partition coefficient (Wildman–Crippen LogP) is -0.478. The van der Waals surface area contributed by atoms with Gasteiger partial charge in [-0.1, -0.05) is 0 Å². The molecular formula is C7H11N3O2. The molecule has 0 aliphatic carbocycles. The van der Waals surface area contributed by atoms with Crippen LogP contribution in [0.5, 0.6) is 0 Å². The Morgan fingerprint density at radius 1 is 0.917 bits per heavy atom. The highest BCUT2D eigenvalue weighted by Crippen LogP contribution is 2.03. The van der Waals surface area contributed by atoms with Gasteiger partial charge < -0.3 is 0 Å². The molecule has 1 aromatic rings. The fraction of sp³-hybridized carbons (Fsp3) is 0.714. The SMILES string of the molecule is O=c1[nH]c(=O)n2n1CCCCC2. The van der Waals surface area contributed by atoms with Crippen molar-refractivity contribution in [3.05, 3.63) is 21.0 Å². The molecule has 0 atom stereocenters. The summed E-state index contributed by atoms with van der Waals surface area (Å²) in [5.41, 5.74) is -0.552. The maximum absolute atomic E-state index is 11.1. The Hall–Kier alpha value is -1.26. The first-order chi connectivity index (χ1) is 5.79. The van der Waals surface area contributed by atoms with Crippen LogP contribution in [-0.2, 0) is 13.1 Å². The van der Waals surface area contributed by atoms with Gasteiger partial charge in [0.05, 0.1) is 0 Å². The van der Waals surface area contributed by atoms with Gasteiger partial charge in [0.2, 0.25) is 0 Å². The third-order valence-electron chi connectivity index (χ3n) is 2.21. The summed E-state index contributed by atoms with van der Waals surface area (Å²) < 4.78 is 2.99. The van der Waals surface area contributed by atoms with Gasteiger partial charge in [-0.15, -0.1) is 0 Å². The third kappa shape index (κ3) is 1.01. The van der Waals surface area contributed by atoms with Gasteiger partial charge in [-0.25, -0.2) is 19.0 Å². The lowest BCUT2D eigenvalue weighted by atomic mass is 10.2. The lowest BCUT2D eigenvalue weighted by Crippen LogP contribution is -2.25. The minimum absolute atomic E-state index is 0.276. The van der Waals surface area contributed by atoms with Crippen molar-refractivity contribution >= 4 is 0 Å². The Labute approximate surface area is 68.6 Å². The van der Waals surface area contributed by atoms with Crippen LogP contribution >= 0.6 is 0 Å². The molecule has 12 heavy (non-hydrogen) atoms. The summed E-state index contributed by atoms with van der Waals surface area (Å²) in [6.45, 7) is 1.33. The Morgan fingerprint density at radius 3 is 1.92 bits per heavy atom. The number of aromatic nitrogens is 3. The molecule has 1 aliphatic heterocycles. The number of aromatic amines is 1. The summed E-state index contributed by atoms with van der Waals surface area (Å²) in [5.74, 6) is 0. The first kappa shape index (κ1) is 7.39. The lowest BCUT2D eigenvalue weighted by molar-refractivity contribution is 0.466. The zero-order valence-electron chi connectivity index (χ0n) is 6.75. The van der Waals surface area contributed by atoms with Gasteiger partial charge in [-0.3, -0.25) is 4.98 Å². The fourth-order valence-electron chi connectivity index (χ4n) is 1.58. The van der Waals surface area contributed by atoms with Gasteiger partial charge in [0.1, 0.15) is 0 Å². The molecule has 0 spiro atoms. The van der Waals surface area contributed by atoms with Crippen LogP contribution in [0.4, 0.5) is 0 Å². The van der Waals surface area contributed by atoms with Crippen LogP contribution in [-0.4, -0.2) is 14.3 Å². The Bertz CT molecular complexity index is 350. The van der Waals surface area contributed by atoms with Crippen LogP contribution in [0.25, 0.3) is 0 Å². The van der Waals surface area contributed by atoms with Crippen molar-refractivity contribution in [2.75, 3.05) is 0 Å². The maximum Gasteiger partial charge on any atom is 0.344 e. The molecule has 0 amide bonds. The smallest absolute Gasteiger partial charge is 0.257 e. The monoisotopic (exact) mass is 169 g/mol. The standard InChI is InChI=1S/C7H11N3O2/c11-6-8-7(12)10-5-3-1-2-4-9(6)10/h1-5H2,(H,8,11,12). The van der Waals surface area contributed by atoms with E-state index in [0.717, 1.165) is 19.3 Å². The summed E-state index contributed by atoms with van der Waals surface area (Å²) >= 11 is 0. The molecule has 1 aromatic heterocycles. The van der Waals surface area contributed by atoms with Crippen LogP contribution in [0.1, 0.15) is 19.3 Å². The second-order valence-corrected chi connectivity index (χ2v) is 3.04. The number of hydrogen-bond acceptors (Lipinski definition) is 2. The minimum atomic E-state index is -0.276. The van der Waals surface area contributed by atoms with Crippen molar-refractivity contribution in [2.24, 2.45) is 0 Å². The molecule has 5 nitrogen and oxygen atoms in total. The highest BCUT2D eigenvalue weighted by molar-refractivity contribution is 4.70. The van der Waals surface area contributed by atoms with Crippen LogP contribution in [0.3, 0.4) is 0 Å². The van der Waals surface area contributed by atoms with Crippen molar-refractivity contribution in [3.63, 3.8) is 0 Å². The van der Waals surface area contributed by atoms with Crippen molar-refractivity contribution in [2.45, 2.75) is 32.4 Å². The number of rotatable bonds is 0. The Kier molecular flexibility index (Phi) is 1.64. The first-order valence-electron chi connectivity index (χ1n) is 4.19. The largest absolute Gasteiger partial charge is 0.344 e. The molecule has 0 unspecified atom stereocenters. The van der Waals surface area contributed by atoms with Crippen molar-refractivity contribution in [1.29, 1.82) is 0 Å². The number of H-pyrrole nitrogens is 1. The van der Waals surface area contributed by atoms with Crippen LogP contribution in [0, 0.1) is 0 Å². The average molecular weight is 169 g/mol. The maximum atomic E-state index is 11.1. The van der Waals surface area contributed by atoms with E-state index in [4.69, 9.17) is 0 Å². The van der Waals surface area contributed by atoms with Gasteiger partial charge in [0.15, 0.2) is 0 Å². The van der Waals surface area contributed by atoms with E-state index in [1.165, 1.54) is 9.36 Å². The predicted molar refractivity (Wildman–Crippen MR) is 43.2 cm³/mol. The van der Waals surface area contributed by atoms with Crippen molar-refractivity contribution in [3.8, 4) is 0 Å². The zero-order valence-corrected chi connectivity index (χ0v) is 6.75. The minimum Gasteiger partial charge on any atom is -0.257 e. The average Bonchev–Trinajstić information content (AvgIpc) is 2.29. The fourth-order valence-corrected chi connectivity index (χ4v) is 1.58. The molecule has 66 valence electrons. The number of nitrogens with zero attached hydrogens (tertiary/aromatic N) is 2. The molecule has 2 heterocycles. The van der Waals surface area contributed by atoms with Gasteiger partial charge in [-0.05, 0) is 19.3 Å². The van der Waals surface area contributed by atoms with Crippen molar-refractivity contribution in [1.82, 2.24) is 14.3 Å². The topological polar surface area (TPSA) is 59.8 Å². The first-order valence-corrected chi connectivity index (χ1v) is 4.19. The summed E-state index contributed by atoms with van der Waals surface area (Å²) in [4.78, 5) is 24.5. The zero-order chi connectivity index (χ0) is 8.55. The molecule has 1 aliphatic rings. The second-order valence-electron chi connectivity index (χ2n) is 3.04. The van der Waals surface area contributed by atoms with Gasteiger partial charge in [0.25, 0.3) is 0 Å². The second kappa shape index (κ2) is 2.66. The molecule has 0 bridgehead atoms. The Morgan fingerprint density at radius 2 is 1.42 bits per heavy atom. The van der Waals surface area contributed by atoms with E-state index in [0.29, 0.717) is 13.1 Å². The van der Waals surface area contributed by atoms with E-state index >= 15 is 0 Å². The van der Waals surface area contributed by atoms with E-state index in [9.17, 15) is 9.59 Å². The molecule has 0 radical (unpaired) electrons. The number of fused-ring (bicyclic) bond motifs is 1. The summed E-state index contributed by atoms with van der Waals surface area (Å²) in [6, 6.07) is 0. The van der Waals surface area contributed by atoms with Gasteiger partial charge >= 0.3 is 11.4 Å². The van der Waals surface area contributed by atoms with Crippen LogP contribution in [0.15, 0.2) is 9.59 Å². The van der Waals surface area contributed by atoms with Crippen molar-refractivity contribution < 1.29 is 0 Å². The van der Waals surface area contributed by atoms with E-state index in [1.54, 1.807) is 0 Å². The molecule has 0 saturated carbocycles. The Balaban J connectivity index is 2.59. The third-order valence-corrected chi connectivity index (χ3v) is 2.21.